The van der Waals surface area contributed by atoms with Gasteiger partial charge in [-0.05, 0) is 19.1 Å². The summed E-state index contributed by atoms with van der Waals surface area (Å²) in [5.41, 5.74) is 0.994. The van der Waals surface area contributed by atoms with Gasteiger partial charge in [-0.15, -0.1) is 0 Å². The van der Waals surface area contributed by atoms with E-state index in [2.05, 4.69) is 10.0 Å². The first-order valence-electron chi connectivity index (χ1n) is 6.47. The Hall–Kier alpha value is -1.15. The molecule has 1 atom stereocenters. The number of anilines is 1. The van der Waals surface area contributed by atoms with Crippen LogP contribution in [-0.4, -0.2) is 47.3 Å². The number of sulfonamides is 1. The minimum absolute atomic E-state index is 0.189. The van der Waals surface area contributed by atoms with Gasteiger partial charge in [-0.3, -0.25) is 0 Å². The average Bonchev–Trinajstić information content (AvgIpc) is 2.40. The second-order valence-corrected chi connectivity index (χ2v) is 5.98. The molecule has 0 radical (unpaired) electrons. The molecule has 2 N–H and O–H groups in total. The van der Waals surface area contributed by atoms with Gasteiger partial charge < -0.3 is 14.8 Å². The molecule has 7 heteroatoms. The van der Waals surface area contributed by atoms with Crippen LogP contribution in [0.25, 0.3) is 0 Å². The van der Waals surface area contributed by atoms with Gasteiger partial charge >= 0.3 is 0 Å². The lowest BCUT2D eigenvalue weighted by Gasteiger charge is -2.18. The van der Waals surface area contributed by atoms with Gasteiger partial charge in [0.15, 0.2) is 0 Å². The molecule has 0 saturated carbocycles. The third kappa shape index (κ3) is 8.11. The van der Waals surface area contributed by atoms with Crippen LogP contribution in [0.15, 0.2) is 30.3 Å². The van der Waals surface area contributed by atoms with Crippen LogP contribution in [-0.2, 0) is 19.5 Å². The second-order valence-electron chi connectivity index (χ2n) is 4.20. The van der Waals surface area contributed by atoms with E-state index in [0.717, 1.165) is 11.9 Å². The second kappa shape index (κ2) is 8.91. The predicted molar refractivity (Wildman–Crippen MR) is 79.1 cm³/mol. The van der Waals surface area contributed by atoms with E-state index in [0.29, 0.717) is 19.8 Å². The van der Waals surface area contributed by atoms with Gasteiger partial charge in [0.2, 0.25) is 10.0 Å². The minimum Gasteiger partial charge on any atom is -0.383 e. The third-order valence-corrected chi connectivity index (χ3v) is 3.03. The van der Waals surface area contributed by atoms with Gasteiger partial charge in [-0.25, -0.2) is 8.42 Å². The van der Waals surface area contributed by atoms with Gasteiger partial charge in [0.1, 0.15) is 6.23 Å². The number of hydrogen-bond acceptors (Lipinski definition) is 5. The minimum atomic E-state index is -3.32. The molecule has 6 nitrogen and oxygen atoms in total. The molecule has 0 heterocycles. The van der Waals surface area contributed by atoms with Gasteiger partial charge in [0.25, 0.3) is 0 Å². The van der Waals surface area contributed by atoms with Crippen LogP contribution in [0.1, 0.15) is 6.92 Å². The Bertz CT molecular complexity index is 465. The molecule has 20 heavy (non-hydrogen) atoms. The van der Waals surface area contributed by atoms with E-state index in [4.69, 9.17) is 9.47 Å². The smallest absolute Gasteiger partial charge is 0.210 e. The lowest BCUT2D eigenvalue weighted by atomic mass is 10.3. The van der Waals surface area contributed by atoms with E-state index in [-0.39, 0.29) is 6.61 Å². The van der Waals surface area contributed by atoms with Gasteiger partial charge in [0, 0.05) is 18.8 Å². The van der Waals surface area contributed by atoms with Crippen molar-refractivity contribution in [2.24, 2.45) is 0 Å². The van der Waals surface area contributed by atoms with Crippen molar-refractivity contribution >= 4 is 15.7 Å². The Morgan fingerprint density at radius 2 is 1.95 bits per heavy atom. The Morgan fingerprint density at radius 1 is 1.25 bits per heavy atom. The van der Waals surface area contributed by atoms with Crippen molar-refractivity contribution in [3.05, 3.63) is 30.3 Å². The fourth-order valence-corrected chi connectivity index (χ4v) is 2.15. The molecule has 1 rings (SSSR count). The van der Waals surface area contributed by atoms with E-state index < -0.39 is 16.3 Å². The van der Waals surface area contributed by atoms with Crippen molar-refractivity contribution in [3.63, 3.8) is 0 Å². The molecular formula is C13H22N2O4S. The standard InChI is InChI=1S/C13H22N2O4S/c1-3-18-11-13(15-20(2,16)17)19-10-9-14-12-7-5-4-6-8-12/h4-8,13-15H,3,9-11H2,1-2H3. The largest absolute Gasteiger partial charge is 0.383 e. The highest BCUT2D eigenvalue weighted by molar-refractivity contribution is 7.88. The summed E-state index contributed by atoms with van der Waals surface area (Å²) in [6.45, 7) is 3.49. The van der Waals surface area contributed by atoms with E-state index in [9.17, 15) is 8.42 Å². The maximum Gasteiger partial charge on any atom is 0.210 e. The Morgan fingerprint density at radius 3 is 2.55 bits per heavy atom. The predicted octanol–water partition coefficient (Wildman–Crippen LogP) is 1.03. The van der Waals surface area contributed by atoms with Crippen molar-refractivity contribution < 1.29 is 17.9 Å². The van der Waals surface area contributed by atoms with Crippen LogP contribution in [0.5, 0.6) is 0 Å². The Balaban J connectivity index is 2.30. The van der Waals surface area contributed by atoms with Crippen molar-refractivity contribution in [1.82, 2.24) is 4.72 Å². The average molecular weight is 302 g/mol. The van der Waals surface area contributed by atoms with Crippen LogP contribution in [0.4, 0.5) is 5.69 Å². The van der Waals surface area contributed by atoms with Gasteiger partial charge in [-0.2, -0.15) is 4.72 Å². The van der Waals surface area contributed by atoms with Crippen LogP contribution < -0.4 is 10.0 Å². The van der Waals surface area contributed by atoms with Crippen molar-refractivity contribution in [2.75, 3.05) is 37.9 Å². The molecule has 1 unspecified atom stereocenters. The van der Waals surface area contributed by atoms with E-state index in [1.165, 1.54) is 0 Å². The van der Waals surface area contributed by atoms with Crippen molar-refractivity contribution in [2.45, 2.75) is 13.2 Å². The van der Waals surface area contributed by atoms with E-state index >= 15 is 0 Å². The molecule has 114 valence electrons. The first-order chi connectivity index (χ1) is 9.51. The monoisotopic (exact) mass is 302 g/mol. The molecule has 0 bridgehead atoms. The molecule has 0 aliphatic carbocycles. The lowest BCUT2D eigenvalue weighted by molar-refractivity contribution is -0.0151. The highest BCUT2D eigenvalue weighted by Crippen LogP contribution is 2.04. The summed E-state index contributed by atoms with van der Waals surface area (Å²) in [6, 6.07) is 9.72. The SMILES string of the molecule is CCOCC(NS(C)(=O)=O)OCCNc1ccccc1. The fourth-order valence-electron chi connectivity index (χ4n) is 1.53. The molecule has 0 aromatic heterocycles. The summed E-state index contributed by atoms with van der Waals surface area (Å²) in [7, 11) is -3.32. The number of para-hydroxylation sites is 1. The lowest BCUT2D eigenvalue weighted by Crippen LogP contribution is -2.40. The number of ether oxygens (including phenoxy) is 2. The Kier molecular flexibility index (Phi) is 7.53. The van der Waals surface area contributed by atoms with Crippen LogP contribution in [0.3, 0.4) is 0 Å². The van der Waals surface area contributed by atoms with Crippen LogP contribution >= 0.6 is 0 Å². The molecule has 0 spiro atoms. The van der Waals surface area contributed by atoms with Crippen LogP contribution in [0, 0.1) is 0 Å². The Labute approximate surface area is 120 Å². The van der Waals surface area contributed by atoms with Crippen LogP contribution in [0.2, 0.25) is 0 Å². The number of hydrogen-bond donors (Lipinski definition) is 2. The highest BCUT2D eigenvalue weighted by atomic mass is 32.2. The van der Waals surface area contributed by atoms with E-state index in [1.54, 1.807) is 0 Å². The quantitative estimate of drug-likeness (QED) is 0.498. The molecule has 0 aliphatic heterocycles. The summed E-state index contributed by atoms with van der Waals surface area (Å²) in [5.74, 6) is 0. The topological polar surface area (TPSA) is 76.7 Å². The van der Waals surface area contributed by atoms with Crippen molar-refractivity contribution in [1.29, 1.82) is 0 Å². The first-order valence-corrected chi connectivity index (χ1v) is 8.36. The molecule has 0 fully saturated rings. The molecular weight excluding hydrogens is 280 g/mol. The number of benzene rings is 1. The fraction of sp³-hybridized carbons (Fsp3) is 0.538. The van der Waals surface area contributed by atoms with Gasteiger partial charge in [0.05, 0.1) is 19.5 Å². The van der Waals surface area contributed by atoms with Crippen molar-refractivity contribution in [3.8, 4) is 0 Å². The zero-order valence-corrected chi connectivity index (χ0v) is 12.7. The molecule has 0 aliphatic rings. The highest BCUT2D eigenvalue weighted by Gasteiger charge is 2.14. The summed E-state index contributed by atoms with van der Waals surface area (Å²) < 4.78 is 35.4. The number of nitrogens with one attached hydrogen (secondary N) is 2. The zero-order valence-electron chi connectivity index (χ0n) is 11.8. The third-order valence-electron chi connectivity index (χ3n) is 2.34. The zero-order chi connectivity index (χ0) is 14.8. The normalized spacial score (nSPS) is 13.1. The number of rotatable bonds is 10. The maximum atomic E-state index is 11.2. The maximum absolute atomic E-state index is 11.2. The van der Waals surface area contributed by atoms with E-state index in [1.807, 2.05) is 37.3 Å². The summed E-state index contributed by atoms with van der Waals surface area (Å²) in [4.78, 5) is 0. The summed E-state index contributed by atoms with van der Waals surface area (Å²) in [5, 5.41) is 3.18. The summed E-state index contributed by atoms with van der Waals surface area (Å²) >= 11 is 0. The first kappa shape index (κ1) is 16.9. The molecule has 0 saturated heterocycles. The molecule has 1 aromatic carbocycles. The van der Waals surface area contributed by atoms with Gasteiger partial charge in [-0.1, -0.05) is 18.2 Å². The summed E-state index contributed by atoms with van der Waals surface area (Å²) in [6.07, 6.45) is 0.430. The molecule has 0 amide bonds. The molecule has 1 aromatic rings.